The van der Waals surface area contributed by atoms with E-state index >= 15 is 0 Å². The lowest BCUT2D eigenvalue weighted by atomic mass is 10.2. The average molecular weight is 218 g/mol. The topological polar surface area (TPSA) is 0 Å². The van der Waals surface area contributed by atoms with Crippen LogP contribution in [0.3, 0.4) is 0 Å². The molecule has 0 spiro atoms. The van der Waals surface area contributed by atoms with Crippen LogP contribution in [0.25, 0.3) is 6.08 Å². The zero-order valence-electron chi connectivity index (χ0n) is 9.64. The second-order valence-electron chi connectivity index (χ2n) is 3.68. The van der Waals surface area contributed by atoms with Crippen LogP contribution in [0.2, 0.25) is 0 Å². The van der Waals surface area contributed by atoms with Gasteiger partial charge in [-0.05, 0) is 17.7 Å². The largest absolute Gasteiger partial charge is 0.0937 e. The van der Waals surface area contributed by atoms with Crippen LogP contribution in [0, 0.1) is 11.8 Å². The Morgan fingerprint density at radius 1 is 0.824 bits per heavy atom. The van der Waals surface area contributed by atoms with Crippen LogP contribution in [0.4, 0.5) is 0 Å². The minimum atomic E-state index is 0.782. The van der Waals surface area contributed by atoms with E-state index in [-0.39, 0.29) is 0 Å². The number of hydrogen-bond donors (Lipinski definition) is 0. The molecule has 0 aromatic heterocycles. The lowest BCUT2D eigenvalue weighted by molar-refractivity contribution is 1.48. The molecule has 0 saturated heterocycles. The summed E-state index contributed by atoms with van der Waals surface area (Å²) in [7, 11) is 0. The van der Waals surface area contributed by atoms with Gasteiger partial charge in [-0.15, -0.1) is 0 Å². The van der Waals surface area contributed by atoms with Gasteiger partial charge in [-0.2, -0.15) is 0 Å². The Morgan fingerprint density at radius 3 is 2.18 bits per heavy atom. The molecule has 0 N–H and O–H groups in total. The predicted molar refractivity (Wildman–Crippen MR) is 73.4 cm³/mol. The van der Waals surface area contributed by atoms with Crippen molar-refractivity contribution in [1.29, 1.82) is 0 Å². The SMILES string of the molecule is C(#Cc1ccccc1)C/C=C\c1ccccc1. The third-order valence-electron chi connectivity index (χ3n) is 2.34. The molecule has 0 radical (unpaired) electrons. The van der Waals surface area contributed by atoms with Gasteiger partial charge in [0.2, 0.25) is 0 Å². The van der Waals surface area contributed by atoms with E-state index in [2.05, 4.69) is 36.1 Å². The molecule has 17 heavy (non-hydrogen) atoms. The first-order valence-corrected chi connectivity index (χ1v) is 5.71. The summed E-state index contributed by atoms with van der Waals surface area (Å²) in [6.45, 7) is 0. The van der Waals surface area contributed by atoms with E-state index in [9.17, 15) is 0 Å². The van der Waals surface area contributed by atoms with E-state index in [1.165, 1.54) is 5.56 Å². The molecule has 0 bridgehead atoms. The molecule has 0 aliphatic heterocycles. The standard InChI is InChI=1S/C17H14/c1-4-10-16(11-5-1)14-8-3-9-15-17-12-6-2-7-13-17/h1-2,4-8,10-14H,3H2/b14-8-. The maximum Gasteiger partial charge on any atom is 0.0276 e. The summed E-state index contributed by atoms with van der Waals surface area (Å²) in [5.41, 5.74) is 2.29. The smallest absolute Gasteiger partial charge is 0.0276 e. The van der Waals surface area contributed by atoms with Crippen LogP contribution >= 0.6 is 0 Å². The molecule has 0 nitrogen and oxygen atoms in total. The van der Waals surface area contributed by atoms with E-state index < -0.39 is 0 Å². The van der Waals surface area contributed by atoms with Crippen molar-refractivity contribution in [1.82, 2.24) is 0 Å². The maximum atomic E-state index is 3.14. The Morgan fingerprint density at radius 2 is 1.47 bits per heavy atom. The monoisotopic (exact) mass is 218 g/mol. The lowest BCUT2D eigenvalue weighted by Crippen LogP contribution is -1.71. The third kappa shape index (κ3) is 4.01. The van der Waals surface area contributed by atoms with Gasteiger partial charge in [-0.3, -0.25) is 0 Å². The number of allylic oxidation sites excluding steroid dienone is 1. The highest BCUT2D eigenvalue weighted by Crippen LogP contribution is 2.01. The highest BCUT2D eigenvalue weighted by atomic mass is 13.9. The van der Waals surface area contributed by atoms with Crippen molar-refractivity contribution < 1.29 is 0 Å². The van der Waals surface area contributed by atoms with Crippen LogP contribution < -0.4 is 0 Å². The van der Waals surface area contributed by atoms with Crippen molar-refractivity contribution >= 4 is 6.08 Å². The summed E-state index contributed by atoms with van der Waals surface area (Å²) in [5, 5.41) is 0. The quantitative estimate of drug-likeness (QED) is 0.664. The van der Waals surface area contributed by atoms with Crippen LogP contribution in [0.1, 0.15) is 17.5 Å². The Kier molecular flexibility index (Phi) is 4.20. The Labute approximate surface area is 103 Å². The van der Waals surface area contributed by atoms with Crippen molar-refractivity contribution in [2.45, 2.75) is 6.42 Å². The summed E-state index contributed by atoms with van der Waals surface area (Å²) < 4.78 is 0. The Hall–Kier alpha value is -2.26. The fourth-order valence-corrected chi connectivity index (χ4v) is 1.49. The maximum absolute atomic E-state index is 3.14. The van der Waals surface area contributed by atoms with E-state index in [4.69, 9.17) is 0 Å². The molecular formula is C17H14. The van der Waals surface area contributed by atoms with Gasteiger partial charge in [-0.1, -0.05) is 72.5 Å². The van der Waals surface area contributed by atoms with Gasteiger partial charge in [0, 0.05) is 12.0 Å². The zero-order chi connectivity index (χ0) is 11.8. The van der Waals surface area contributed by atoms with Gasteiger partial charge >= 0.3 is 0 Å². The van der Waals surface area contributed by atoms with Crippen LogP contribution in [0.15, 0.2) is 66.7 Å². The molecule has 2 rings (SSSR count). The number of hydrogen-bond acceptors (Lipinski definition) is 0. The summed E-state index contributed by atoms with van der Waals surface area (Å²) in [4.78, 5) is 0. The molecule has 0 heterocycles. The minimum absolute atomic E-state index is 0.782. The highest BCUT2D eigenvalue weighted by Gasteiger charge is 1.82. The third-order valence-corrected chi connectivity index (χ3v) is 2.34. The zero-order valence-corrected chi connectivity index (χ0v) is 9.64. The van der Waals surface area contributed by atoms with Crippen molar-refractivity contribution in [3.8, 4) is 11.8 Å². The Bertz CT molecular complexity index is 525. The Balaban J connectivity index is 1.88. The average Bonchev–Trinajstić information content (AvgIpc) is 2.41. The highest BCUT2D eigenvalue weighted by molar-refractivity contribution is 5.49. The summed E-state index contributed by atoms with van der Waals surface area (Å²) in [5.74, 6) is 6.26. The first-order chi connectivity index (χ1) is 8.45. The lowest BCUT2D eigenvalue weighted by Gasteiger charge is -1.89. The summed E-state index contributed by atoms with van der Waals surface area (Å²) in [6.07, 6.45) is 4.97. The molecule has 0 atom stereocenters. The van der Waals surface area contributed by atoms with Gasteiger partial charge in [-0.25, -0.2) is 0 Å². The first-order valence-electron chi connectivity index (χ1n) is 5.71. The van der Waals surface area contributed by atoms with Gasteiger partial charge in [0.05, 0.1) is 0 Å². The van der Waals surface area contributed by atoms with Gasteiger partial charge in [0.1, 0.15) is 0 Å². The second-order valence-corrected chi connectivity index (χ2v) is 3.68. The number of benzene rings is 2. The van der Waals surface area contributed by atoms with E-state index in [0.717, 1.165) is 12.0 Å². The van der Waals surface area contributed by atoms with E-state index in [1.54, 1.807) is 0 Å². The minimum Gasteiger partial charge on any atom is -0.0937 e. The fourth-order valence-electron chi connectivity index (χ4n) is 1.49. The molecule has 0 fully saturated rings. The van der Waals surface area contributed by atoms with E-state index in [1.807, 2.05) is 48.5 Å². The summed E-state index contributed by atoms with van der Waals surface area (Å²) in [6, 6.07) is 20.3. The predicted octanol–water partition coefficient (Wildman–Crippen LogP) is 4.14. The molecule has 0 aliphatic carbocycles. The molecule has 82 valence electrons. The molecule has 0 saturated carbocycles. The molecule has 2 aromatic rings. The second kappa shape index (κ2) is 6.35. The van der Waals surface area contributed by atoms with Crippen LogP contribution in [-0.4, -0.2) is 0 Å². The fraction of sp³-hybridized carbons (Fsp3) is 0.0588. The van der Waals surface area contributed by atoms with Crippen molar-refractivity contribution in [3.05, 3.63) is 77.9 Å². The van der Waals surface area contributed by atoms with Gasteiger partial charge in [0.15, 0.2) is 0 Å². The molecule has 0 amide bonds. The van der Waals surface area contributed by atoms with Crippen molar-refractivity contribution in [2.24, 2.45) is 0 Å². The normalized spacial score (nSPS) is 9.88. The number of rotatable bonds is 2. The molecule has 0 aliphatic rings. The van der Waals surface area contributed by atoms with Gasteiger partial charge in [0.25, 0.3) is 0 Å². The molecule has 0 heteroatoms. The van der Waals surface area contributed by atoms with Crippen LogP contribution in [0.5, 0.6) is 0 Å². The first kappa shape index (κ1) is 11.2. The molecule has 0 unspecified atom stereocenters. The van der Waals surface area contributed by atoms with E-state index in [0.29, 0.717) is 0 Å². The summed E-state index contributed by atoms with van der Waals surface area (Å²) >= 11 is 0. The molecular weight excluding hydrogens is 204 g/mol. The van der Waals surface area contributed by atoms with Gasteiger partial charge < -0.3 is 0 Å². The van der Waals surface area contributed by atoms with Crippen molar-refractivity contribution in [2.75, 3.05) is 0 Å². The van der Waals surface area contributed by atoms with Crippen LogP contribution in [-0.2, 0) is 0 Å². The van der Waals surface area contributed by atoms with Crippen molar-refractivity contribution in [3.63, 3.8) is 0 Å². The molecule has 2 aromatic carbocycles.